The lowest BCUT2D eigenvalue weighted by Gasteiger charge is -2.41. The van der Waals surface area contributed by atoms with Gasteiger partial charge in [-0.3, -0.25) is 4.79 Å². The Bertz CT molecular complexity index is 666. The molecule has 1 nitrogen and oxygen atoms in total. The molecule has 0 spiro atoms. The number of ketones is 1. The van der Waals surface area contributed by atoms with Crippen LogP contribution in [-0.4, -0.2) is 65.8 Å². The molecule has 3 unspecified atom stereocenters. The van der Waals surface area contributed by atoms with Crippen molar-refractivity contribution in [2.24, 2.45) is 0 Å². The highest BCUT2D eigenvalue weighted by molar-refractivity contribution is 5.93. The van der Waals surface area contributed by atoms with Gasteiger partial charge >= 0.3 is 41.5 Å². The van der Waals surface area contributed by atoms with E-state index in [2.05, 4.69) is 0 Å². The zero-order chi connectivity index (χ0) is 23.8. The first-order valence-corrected chi connectivity index (χ1v) is 6.50. The lowest BCUT2D eigenvalue weighted by atomic mass is 9.89. The van der Waals surface area contributed by atoms with Gasteiger partial charge in [0.2, 0.25) is 12.3 Å². The summed E-state index contributed by atoms with van der Waals surface area (Å²) in [7, 11) is 0. The third-order valence-electron chi connectivity index (χ3n) is 3.84. The van der Waals surface area contributed by atoms with Gasteiger partial charge in [0.25, 0.3) is 5.78 Å². The summed E-state index contributed by atoms with van der Waals surface area (Å²) >= 11 is 0. The van der Waals surface area contributed by atoms with E-state index in [4.69, 9.17) is 0 Å². The largest absolute Gasteiger partial charge is 0.386 e. The van der Waals surface area contributed by atoms with Gasteiger partial charge in [-0.15, -0.1) is 0 Å². The average molecular weight is 474 g/mol. The van der Waals surface area contributed by atoms with E-state index >= 15 is 0 Å². The van der Waals surface area contributed by atoms with E-state index in [0.29, 0.717) is 0 Å². The van der Waals surface area contributed by atoms with Crippen LogP contribution in [0.5, 0.6) is 0 Å². The Kier molecular flexibility index (Phi) is 5.49. The molecule has 0 amide bonds. The van der Waals surface area contributed by atoms with Crippen LogP contribution in [0.15, 0.2) is 0 Å². The van der Waals surface area contributed by atoms with Crippen LogP contribution >= 0.6 is 0 Å². The van der Waals surface area contributed by atoms with E-state index in [0.717, 1.165) is 0 Å². The van der Waals surface area contributed by atoms with Crippen molar-refractivity contribution < 1.29 is 79.4 Å². The molecule has 0 bridgehead atoms. The van der Waals surface area contributed by atoms with E-state index in [1.807, 2.05) is 0 Å². The Hall–Kier alpha value is -1.52. The van der Waals surface area contributed by atoms with Gasteiger partial charge in [-0.2, -0.15) is 61.5 Å². The molecule has 172 valence electrons. The van der Waals surface area contributed by atoms with Crippen LogP contribution in [-0.2, 0) is 4.79 Å². The second kappa shape index (κ2) is 6.24. The molecular formula is C11H3F17O. The molecule has 1 saturated carbocycles. The zero-order valence-electron chi connectivity index (χ0n) is 12.6. The molecule has 0 aromatic rings. The summed E-state index contributed by atoms with van der Waals surface area (Å²) in [5.74, 6) is -61.0. The molecule has 0 aromatic heterocycles. The van der Waals surface area contributed by atoms with Gasteiger partial charge in [0.1, 0.15) is 0 Å². The molecule has 0 radical (unpaired) electrons. The maximum absolute atomic E-state index is 13.2. The number of rotatable bonds is 0. The topological polar surface area (TPSA) is 17.1 Å². The lowest BCUT2D eigenvalue weighted by molar-refractivity contribution is -0.425. The van der Waals surface area contributed by atoms with Crippen LogP contribution in [0.2, 0.25) is 0 Å². The van der Waals surface area contributed by atoms with Crippen molar-refractivity contribution >= 4 is 5.78 Å². The van der Waals surface area contributed by atoms with Crippen molar-refractivity contribution in [3.63, 3.8) is 0 Å². The number of Topliss-reactive ketones (excluding diaryl/α,β-unsaturated/α-hetero) is 1. The quantitative estimate of drug-likeness (QED) is 0.451. The predicted molar refractivity (Wildman–Crippen MR) is 54.3 cm³/mol. The molecule has 0 heterocycles. The third kappa shape index (κ3) is 2.79. The molecule has 1 aliphatic carbocycles. The Morgan fingerprint density at radius 3 is 1.24 bits per heavy atom. The standard InChI is InChI=1S/C11H3F17O/c12-1-2(13)5(15,16)4(29)7(19,20)9(23,24)11(27,28)10(25,26)8(21,22)6(17,18)3(1)14/h1-3H. The van der Waals surface area contributed by atoms with Crippen LogP contribution in [0.4, 0.5) is 74.6 Å². The van der Waals surface area contributed by atoms with E-state index in [-0.39, 0.29) is 0 Å². The minimum atomic E-state index is -8.45. The first kappa shape index (κ1) is 25.5. The molecule has 0 aromatic carbocycles. The van der Waals surface area contributed by atoms with Crippen LogP contribution in [0.1, 0.15) is 0 Å². The number of hydrogen-bond acceptors (Lipinski definition) is 1. The Labute approximate surface area is 146 Å². The SMILES string of the molecule is O=C1C(F)(F)C(F)C(F)C(F)C(F)(F)C(F)(F)C(F)(F)C(F)(F)C(F)(F)C1(F)F. The molecule has 0 aliphatic heterocycles. The van der Waals surface area contributed by atoms with E-state index in [1.54, 1.807) is 0 Å². The Balaban J connectivity index is 4.08. The fourth-order valence-electron chi connectivity index (χ4n) is 2.00. The van der Waals surface area contributed by atoms with Gasteiger partial charge in [0.05, 0.1) is 0 Å². The molecule has 1 aliphatic rings. The zero-order valence-corrected chi connectivity index (χ0v) is 12.6. The average Bonchev–Trinajstić information content (AvgIpc) is 2.56. The van der Waals surface area contributed by atoms with Crippen molar-refractivity contribution in [3.05, 3.63) is 0 Å². The summed E-state index contributed by atoms with van der Waals surface area (Å²) in [6.45, 7) is 0. The number of carbonyl (C=O) groups excluding carboxylic acids is 1. The molecule has 1 rings (SSSR count). The highest BCUT2D eigenvalue weighted by Crippen LogP contribution is 2.62. The first-order valence-electron chi connectivity index (χ1n) is 6.50. The fourth-order valence-corrected chi connectivity index (χ4v) is 2.00. The minimum Gasteiger partial charge on any atom is -0.286 e. The summed E-state index contributed by atoms with van der Waals surface area (Å²) in [4.78, 5) is 10.8. The molecule has 1 fully saturated rings. The Morgan fingerprint density at radius 1 is 0.517 bits per heavy atom. The monoisotopic (exact) mass is 474 g/mol. The summed E-state index contributed by atoms with van der Waals surface area (Å²) in [5.41, 5.74) is 0. The van der Waals surface area contributed by atoms with Crippen LogP contribution in [0, 0.1) is 0 Å². The van der Waals surface area contributed by atoms with Crippen LogP contribution in [0.25, 0.3) is 0 Å². The predicted octanol–water partition coefficient (Wildman–Crippen LogP) is 5.03. The molecule has 29 heavy (non-hydrogen) atoms. The number of halogens is 17. The van der Waals surface area contributed by atoms with Gasteiger partial charge in [0.15, 0.2) is 6.17 Å². The molecule has 0 N–H and O–H groups in total. The van der Waals surface area contributed by atoms with Crippen LogP contribution in [0.3, 0.4) is 0 Å². The van der Waals surface area contributed by atoms with Gasteiger partial charge in [-0.25, -0.2) is 13.2 Å². The lowest BCUT2D eigenvalue weighted by Crippen LogP contribution is -2.73. The van der Waals surface area contributed by atoms with Crippen molar-refractivity contribution in [1.82, 2.24) is 0 Å². The summed E-state index contributed by atoms with van der Waals surface area (Å²) in [6, 6.07) is 0. The maximum atomic E-state index is 13.2. The van der Waals surface area contributed by atoms with Crippen molar-refractivity contribution in [2.45, 2.75) is 60.0 Å². The second-order valence-corrected chi connectivity index (χ2v) is 5.69. The minimum absolute atomic E-state index is 5.08. The van der Waals surface area contributed by atoms with Crippen molar-refractivity contribution in [2.75, 3.05) is 0 Å². The van der Waals surface area contributed by atoms with E-state index in [9.17, 15) is 79.4 Å². The number of alkyl halides is 17. The maximum Gasteiger partial charge on any atom is 0.386 e. The summed E-state index contributed by atoms with van der Waals surface area (Å²) < 4.78 is 225. The van der Waals surface area contributed by atoms with Gasteiger partial charge < -0.3 is 0 Å². The molecule has 18 heteroatoms. The highest BCUT2D eigenvalue weighted by atomic mass is 19.4. The highest BCUT2D eigenvalue weighted by Gasteiger charge is 2.93. The van der Waals surface area contributed by atoms with Crippen molar-refractivity contribution in [3.8, 4) is 0 Å². The third-order valence-corrected chi connectivity index (χ3v) is 3.84. The number of carbonyl (C=O) groups is 1. The smallest absolute Gasteiger partial charge is 0.286 e. The number of hydrogen-bond donors (Lipinski definition) is 0. The van der Waals surface area contributed by atoms with E-state index < -0.39 is 65.8 Å². The summed E-state index contributed by atoms with van der Waals surface area (Å²) in [5, 5.41) is 0. The fraction of sp³-hybridized carbons (Fsp3) is 0.909. The van der Waals surface area contributed by atoms with Crippen LogP contribution < -0.4 is 0 Å². The van der Waals surface area contributed by atoms with Crippen molar-refractivity contribution in [1.29, 1.82) is 0 Å². The normalized spacial score (nSPS) is 37.4. The van der Waals surface area contributed by atoms with Gasteiger partial charge in [-0.1, -0.05) is 0 Å². The Morgan fingerprint density at radius 2 is 0.862 bits per heavy atom. The first-order chi connectivity index (χ1) is 12.4. The molecule has 3 atom stereocenters. The van der Waals surface area contributed by atoms with Gasteiger partial charge in [-0.05, 0) is 0 Å². The summed E-state index contributed by atoms with van der Waals surface area (Å²) in [6.07, 6.45) is -17.1. The second-order valence-electron chi connectivity index (χ2n) is 5.69. The molecular weight excluding hydrogens is 471 g/mol. The molecule has 0 saturated heterocycles. The van der Waals surface area contributed by atoms with E-state index in [1.165, 1.54) is 0 Å². The van der Waals surface area contributed by atoms with Gasteiger partial charge in [0, 0.05) is 0 Å².